The number of aromatic nitrogens is 2. The lowest BCUT2D eigenvalue weighted by Gasteiger charge is -2.20. The quantitative estimate of drug-likeness (QED) is 0.901. The zero-order chi connectivity index (χ0) is 14.7. The van der Waals surface area contributed by atoms with Crippen LogP contribution in [-0.2, 0) is 6.54 Å². The minimum Gasteiger partial charge on any atom is -0.305 e. The Labute approximate surface area is 122 Å². The van der Waals surface area contributed by atoms with Gasteiger partial charge in [0.25, 0.3) is 0 Å². The van der Waals surface area contributed by atoms with Gasteiger partial charge in [-0.05, 0) is 57.0 Å². The van der Waals surface area contributed by atoms with Gasteiger partial charge in [-0.2, -0.15) is 5.10 Å². The minimum atomic E-state index is 0.209. The first-order valence-corrected chi connectivity index (χ1v) is 7.41. The van der Waals surface area contributed by atoms with Crippen molar-refractivity contribution in [3.8, 4) is 0 Å². The molecule has 0 saturated carbocycles. The minimum absolute atomic E-state index is 0.209. The van der Waals surface area contributed by atoms with E-state index in [4.69, 9.17) is 0 Å². The topological polar surface area (TPSA) is 29.9 Å². The Morgan fingerprint density at radius 3 is 2.45 bits per heavy atom. The molecule has 0 fully saturated rings. The van der Waals surface area contributed by atoms with Gasteiger partial charge in [-0.15, -0.1) is 0 Å². The fraction of sp³-hybridized carbons (Fsp3) is 0.471. The van der Waals surface area contributed by atoms with Crippen LogP contribution < -0.4 is 5.32 Å². The second kappa shape index (κ2) is 6.23. The Hall–Kier alpha value is -1.61. The van der Waals surface area contributed by atoms with Crippen molar-refractivity contribution in [1.29, 1.82) is 0 Å². The van der Waals surface area contributed by atoms with Gasteiger partial charge in [-0.1, -0.05) is 25.1 Å². The molecule has 1 N–H and O–H groups in total. The molecule has 2 rings (SSSR count). The van der Waals surface area contributed by atoms with Crippen molar-refractivity contribution in [2.75, 3.05) is 6.54 Å². The maximum atomic E-state index is 4.57. The largest absolute Gasteiger partial charge is 0.305 e. The summed E-state index contributed by atoms with van der Waals surface area (Å²) >= 11 is 0. The summed E-state index contributed by atoms with van der Waals surface area (Å²) in [5.74, 6) is 0. The molecule has 20 heavy (non-hydrogen) atoms. The van der Waals surface area contributed by atoms with E-state index >= 15 is 0 Å². The molecule has 108 valence electrons. The normalized spacial score (nSPS) is 12.7. The molecule has 3 nitrogen and oxygen atoms in total. The van der Waals surface area contributed by atoms with Crippen LogP contribution in [0.15, 0.2) is 24.3 Å². The highest BCUT2D eigenvalue weighted by atomic mass is 15.3. The molecular formula is C17H25N3. The van der Waals surface area contributed by atoms with E-state index in [1.54, 1.807) is 0 Å². The summed E-state index contributed by atoms with van der Waals surface area (Å²) in [6.45, 7) is 12.5. The van der Waals surface area contributed by atoms with Crippen LogP contribution in [0.25, 0.3) is 0 Å². The average molecular weight is 271 g/mol. The number of nitrogens with zero attached hydrogens (tertiary/aromatic N) is 2. The maximum Gasteiger partial charge on any atom is 0.0748 e. The highest BCUT2D eigenvalue weighted by Crippen LogP contribution is 2.24. The molecule has 0 amide bonds. The van der Waals surface area contributed by atoms with Crippen LogP contribution in [0.2, 0.25) is 0 Å². The van der Waals surface area contributed by atoms with E-state index in [0.717, 1.165) is 18.8 Å². The third-order valence-corrected chi connectivity index (χ3v) is 3.80. The highest BCUT2D eigenvalue weighted by molar-refractivity contribution is 5.35. The van der Waals surface area contributed by atoms with Crippen LogP contribution in [-0.4, -0.2) is 16.3 Å². The monoisotopic (exact) mass is 271 g/mol. The predicted octanol–water partition coefficient (Wildman–Crippen LogP) is 3.53. The summed E-state index contributed by atoms with van der Waals surface area (Å²) in [5, 5.41) is 8.16. The molecule has 1 heterocycles. The predicted molar refractivity (Wildman–Crippen MR) is 84.1 cm³/mol. The molecule has 1 atom stereocenters. The molecule has 2 aromatic rings. The SMILES string of the molecule is CCNC(c1ccc(C)c(C)c1)c1cc(C)nn1CC. The summed E-state index contributed by atoms with van der Waals surface area (Å²) < 4.78 is 2.10. The number of hydrogen-bond donors (Lipinski definition) is 1. The summed E-state index contributed by atoms with van der Waals surface area (Å²) in [5.41, 5.74) is 6.31. The van der Waals surface area contributed by atoms with Crippen molar-refractivity contribution < 1.29 is 0 Å². The van der Waals surface area contributed by atoms with Gasteiger partial charge in [-0.25, -0.2) is 0 Å². The first kappa shape index (κ1) is 14.8. The molecule has 0 aliphatic carbocycles. The van der Waals surface area contributed by atoms with Crippen LogP contribution in [0.1, 0.15) is 48.0 Å². The van der Waals surface area contributed by atoms with E-state index in [9.17, 15) is 0 Å². The van der Waals surface area contributed by atoms with Crippen molar-refractivity contribution >= 4 is 0 Å². The Morgan fingerprint density at radius 2 is 1.85 bits per heavy atom. The summed E-state index contributed by atoms with van der Waals surface area (Å²) in [6, 6.07) is 9.10. The van der Waals surface area contributed by atoms with Gasteiger partial charge in [-0.3, -0.25) is 4.68 Å². The molecule has 0 radical (unpaired) electrons. The number of nitrogens with one attached hydrogen (secondary N) is 1. The Kier molecular flexibility index (Phi) is 4.61. The summed E-state index contributed by atoms with van der Waals surface area (Å²) in [6.07, 6.45) is 0. The second-order valence-electron chi connectivity index (χ2n) is 5.36. The fourth-order valence-electron chi connectivity index (χ4n) is 2.59. The molecule has 1 unspecified atom stereocenters. The van der Waals surface area contributed by atoms with Gasteiger partial charge >= 0.3 is 0 Å². The van der Waals surface area contributed by atoms with E-state index < -0.39 is 0 Å². The number of aryl methyl sites for hydroxylation is 4. The maximum absolute atomic E-state index is 4.57. The van der Waals surface area contributed by atoms with Crippen LogP contribution in [0.5, 0.6) is 0 Å². The Morgan fingerprint density at radius 1 is 1.10 bits per heavy atom. The van der Waals surface area contributed by atoms with Gasteiger partial charge in [0.05, 0.1) is 17.4 Å². The van der Waals surface area contributed by atoms with Gasteiger partial charge in [0.15, 0.2) is 0 Å². The van der Waals surface area contributed by atoms with Crippen LogP contribution >= 0.6 is 0 Å². The molecule has 0 aliphatic rings. The molecule has 0 spiro atoms. The Bertz CT molecular complexity index is 584. The molecule has 0 saturated heterocycles. The number of benzene rings is 1. The van der Waals surface area contributed by atoms with Gasteiger partial charge in [0.2, 0.25) is 0 Å². The lowest BCUT2D eigenvalue weighted by molar-refractivity contribution is 0.541. The summed E-state index contributed by atoms with van der Waals surface area (Å²) in [7, 11) is 0. The van der Waals surface area contributed by atoms with E-state index in [1.165, 1.54) is 22.4 Å². The molecular weight excluding hydrogens is 246 g/mol. The van der Waals surface area contributed by atoms with Crippen molar-refractivity contribution in [2.45, 2.75) is 47.2 Å². The highest BCUT2D eigenvalue weighted by Gasteiger charge is 2.18. The third kappa shape index (κ3) is 2.93. The first-order chi connectivity index (χ1) is 9.56. The standard InChI is InChI=1S/C17H25N3/c1-6-18-17(15-9-8-12(3)13(4)10-15)16-11-14(5)19-20(16)7-2/h8-11,17-18H,6-7H2,1-5H3. The van der Waals surface area contributed by atoms with Crippen molar-refractivity contribution in [2.24, 2.45) is 0 Å². The lowest BCUT2D eigenvalue weighted by atomic mass is 9.98. The van der Waals surface area contributed by atoms with Crippen molar-refractivity contribution in [3.05, 3.63) is 52.3 Å². The molecule has 1 aromatic heterocycles. The van der Waals surface area contributed by atoms with E-state index in [-0.39, 0.29) is 6.04 Å². The van der Waals surface area contributed by atoms with Crippen molar-refractivity contribution in [3.63, 3.8) is 0 Å². The molecule has 0 aliphatic heterocycles. The summed E-state index contributed by atoms with van der Waals surface area (Å²) in [4.78, 5) is 0. The molecule has 3 heteroatoms. The zero-order valence-electron chi connectivity index (χ0n) is 13.2. The Balaban J connectivity index is 2.46. The lowest BCUT2D eigenvalue weighted by Crippen LogP contribution is -2.25. The van der Waals surface area contributed by atoms with Crippen LogP contribution in [0.4, 0.5) is 0 Å². The zero-order valence-corrected chi connectivity index (χ0v) is 13.2. The third-order valence-electron chi connectivity index (χ3n) is 3.80. The smallest absolute Gasteiger partial charge is 0.0748 e. The van der Waals surface area contributed by atoms with Crippen molar-refractivity contribution in [1.82, 2.24) is 15.1 Å². The van der Waals surface area contributed by atoms with E-state index in [1.807, 2.05) is 0 Å². The van der Waals surface area contributed by atoms with E-state index in [0.29, 0.717) is 0 Å². The number of rotatable bonds is 5. The van der Waals surface area contributed by atoms with Gasteiger partial charge in [0.1, 0.15) is 0 Å². The fourth-order valence-corrected chi connectivity index (χ4v) is 2.59. The first-order valence-electron chi connectivity index (χ1n) is 7.41. The molecule has 1 aromatic carbocycles. The number of hydrogen-bond acceptors (Lipinski definition) is 2. The molecule has 0 bridgehead atoms. The van der Waals surface area contributed by atoms with Crippen LogP contribution in [0, 0.1) is 20.8 Å². The van der Waals surface area contributed by atoms with Gasteiger partial charge < -0.3 is 5.32 Å². The van der Waals surface area contributed by atoms with Gasteiger partial charge in [0, 0.05) is 6.54 Å². The second-order valence-corrected chi connectivity index (χ2v) is 5.36. The average Bonchev–Trinajstić information content (AvgIpc) is 2.80. The van der Waals surface area contributed by atoms with Crippen LogP contribution in [0.3, 0.4) is 0 Å². The van der Waals surface area contributed by atoms with E-state index in [2.05, 4.69) is 74.0 Å².